The molecule has 0 saturated heterocycles. The van der Waals surface area contributed by atoms with E-state index in [0.29, 0.717) is 6.42 Å². The summed E-state index contributed by atoms with van der Waals surface area (Å²) in [5.74, 6) is -0.884. The molecule has 0 aliphatic rings. The van der Waals surface area contributed by atoms with E-state index in [9.17, 15) is 13.2 Å². The van der Waals surface area contributed by atoms with Crippen LogP contribution in [0.25, 0.3) is 0 Å². The second-order valence-corrected chi connectivity index (χ2v) is 5.57. The van der Waals surface area contributed by atoms with E-state index >= 15 is 0 Å². The SMILES string of the molecule is CON(C)S(=O)(=O)c1ccc(CCC(=O)O)cc1. The van der Waals surface area contributed by atoms with Crippen molar-refractivity contribution in [3.8, 4) is 0 Å². The molecule has 0 saturated carbocycles. The molecule has 0 aromatic heterocycles. The summed E-state index contributed by atoms with van der Waals surface area (Å²) in [6.45, 7) is 0. The first-order valence-electron chi connectivity index (χ1n) is 5.21. The van der Waals surface area contributed by atoms with Crippen LogP contribution in [-0.4, -0.2) is 38.1 Å². The Kier molecular flexibility index (Phi) is 4.83. The smallest absolute Gasteiger partial charge is 0.303 e. The van der Waals surface area contributed by atoms with Crippen molar-refractivity contribution in [1.82, 2.24) is 4.47 Å². The van der Waals surface area contributed by atoms with Gasteiger partial charge >= 0.3 is 5.97 Å². The topological polar surface area (TPSA) is 83.9 Å². The molecule has 100 valence electrons. The molecule has 0 aliphatic heterocycles. The highest BCUT2D eigenvalue weighted by Gasteiger charge is 2.20. The Bertz CT molecular complexity index is 509. The second-order valence-electron chi connectivity index (χ2n) is 3.64. The fraction of sp³-hybridized carbons (Fsp3) is 0.364. The number of benzene rings is 1. The molecule has 0 atom stereocenters. The summed E-state index contributed by atoms with van der Waals surface area (Å²) in [5, 5.41) is 8.54. The summed E-state index contributed by atoms with van der Waals surface area (Å²) in [6, 6.07) is 6.06. The largest absolute Gasteiger partial charge is 0.481 e. The second kappa shape index (κ2) is 5.94. The highest BCUT2D eigenvalue weighted by Crippen LogP contribution is 2.15. The number of nitrogens with zero attached hydrogens (tertiary/aromatic N) is 1. The summed E-state index contributed by atoms with van der Waals surface area (Å²) >= 11 is 0. The Balaban J connectivity index is 2.86. The van der Waals surface area contributed by atoms with Crippen LogP contribution in [0.1, 0.15) is 12.0 Å². The quantitative estimate of drug-likeness (QED) is 0.778. The molecule has 0 radical (unpaired) electrons. The maximum atomic E-state index is 11.8. The maximum absolute atomic E-state index is 11.8. The summed E-state index contributed by atoms with van der Waals surface area (Å²) < 4.78 is 24.5. The number of carboxylic acids is 1. The van der Waals surface area contributed by atoms with Crippen LogP contribution in [-0.2, 0) is 26.1 Å². The van der Waals surface area contributed by atoms with Crippen molar-refractivity contribution in [2.45, 2.75) is 17.7 Å². The van der Waals surface area contributed by atoms with Gasteiger partial charge in [-0.3, -0.25) is 9.63 Å². The molecule has 0 aliphatic carbocycles. The van der Waals surface area contributed by atoms with Gasteiger partial charge in [0.1, 0.15) is 0 Å². The lowest BCUT2D eigenvalue weighted by Gasteiger charge is -2.14. The minimum Gasteiger partial charge on any atom is -0.481 e. The molecule has 1 aromatic carbocycles. The number of hydrogen-bond donors (Lipinski definition) is 1. The maximum Gasteiger partial charge on any atom is 0.303 e. The molecule has 6 nitrogen and oxygen atoms in total. The molecular weight excluding hydrogens is 258 g/mol. The molecule has 7 heteroatoms. The number of hydrogen-bond acceptors (Lipinski definition) is 4. The molecule has 0 heterocycles. The van der Waals surface area contributed by atoms with E-state index in [4.69, 9.17) is 5.11 Å². The van der Waals surface area contributed by atoms with Gasteiger partial charge in [0.25, 0.3) is 10.0 Å². The van der Waals surface area contributed by atoms with E-state index in [1.807, 2.05) is 0 Å². The van der Waals surface area contributed by atoms with Crippen molar-refractivity contribution in [2.24, 2.45) is 0 Å². The molecule has 0 amide bonds. The lowest BCUT2D eigenvalue weighted by molar-refractivity contribution is -0.136. The van der Waals surface area contributed by atoms with Crippen molar-refractivity contribution in [2.75, 3.05) is 14.2 Å². The van der Waals surface area contributed by atoms with Gasteiger partial charge in [-0.1, -0.05) is 16.6 Å². The Hall–Kier alpha value is -1.44. The predicted molar refractivity (Wildman–Crippen MR) is 64.4 cm³/mol. The molecule has 0 unspecified atom stereocenters. The van der Waals surface area contributed by atoms with E-state index in [1.54, 1.807) is 12.1 Å². The zero-order chi connectivity index (χ0) is 13.8. The van der Waals surface area contributed by atoms with Crippen molar-refractivity contribution < 1.29 is 23.2 Å². The van der Waals surface area contributed by atoms with Gasteiger partial charge in [0.05, 0.1) is 12.0 Å². The molecule has 0 fully saturated rings. The number of hydroxylamine groups is 1. The summed E-state index contributed by atoms with van der Waals surface area (Å²) in [6.07, 6.45) is 0.389. The van der Waals surface area contributed by atoms with Crippen LogP contribution >= 0.6 is 0 Å². The van der Waals surface area contributed by atoms with Gasteiger partial charge in [-0.05, 0) is 24.1 Å². The first kappa shape index (κ1) is 14.6. The van der Waals surface area contributed by atoms with E-state index in [0.717, 1.165) is 10.0 Å². The van der Waals surface area contributed by atoms with Crippen molar-refractivity contribution >= 4 is 16.0 Å². The molecule has 0 spiro atoms. The Morgan fingerprint density at radius 1 is 1.33 bits per heavy atom. The van der Waals surface area contributed by atoms with E-state index < -0.39 is 16.0 Å². The highest BCUT2D eigenvalue weighted by atomic mass is 32.2. The van der Waals surface area contributed by atoms with E-state index in [-0.39, 0.29) is 11.3 Å². The molecule has 1 N–H and O–H groups in total. The third-order valence-corrected chi connectivity index (χ3v) is 4.14. The number of rotatable bonds is 6. The van der Waals surface area contributed by atoms with Crippen LogP contribution in [0.2, 0.25) is 0 Å². The van der Waals surface area contributed by atoms with Gasteiger partial charge in [-0.2, -0.15) is 0 Å². The number of aryl methyl sites for hydroxylation is 1. The molecular formula is C11H15NO5S. The standard InChI is InChI=1S/C11H15NO5S/c1-12(17-2)18(15,16)10-6-3-9(4-7-10)5-8-11(13)14/h3-4,6-7H,5,8H2,1-2H3,(H,13,14). The van der Waals surface area contributed by atoms with Gasteiger partial charge in [-0.25, -0.2) is 8.42 Å². The fourth-order valence-corrected chi connectivity index (χ4v) is 2.30. The average molecular weight is 273 g/mol. The van der Waals surface area contributed by atoms with Gasteiger partial charge in [-0.15, -0.1) is 0 Å². The zero-order valence-corrected chi connectivity index (χ0v) is 11.0. The third-order valence-electron chi connectivity index (χ3n) is 2.44. The fourth-order valence-electron chi connectivity index (χ4n) is 1.33. The Morgan fingerprint density at radius 2 is 1.89 bits per heavy atom. The van der Waals surface area contributed by atoms with Crippen LogP contribution in [0.3, 0.4) is 0 Å². The summed E-state index contributed by atoms with van der Waals surface area (Å²) in [7, 11) is -1.08. The molecule has 18 heavy (non-hydrogen) atoms. The van der Waals surface area contributed by atoms with Crippen molar-refractivity contribution in [3.63, 3.8) is 0 Å². The van der Waals surface area contributed by atoms with Crippen molar-refractivity contribution in [3.05, 3.63) is 29.8 Å². The molecule has 1 rings (SSSR count). The lowest BCUT2D eigenvalue weighted by atomic mass is 10.1. The van der Waals surface area contributed by atoms with Crippen LogP contribution in [0.15, 0.2) is 29.2 Å². The first-order chi connectivity index (χ1) is 8.37. The Labute approximate surface area is 106 Å². The van der Waals surface area contributed by atoms with E-state index in [2.05, 4.69) is 4.84 Å². The number of aliphatic carboxylic acids is 1. The minimum atomic E-state index is -3.64. The molecule has 1 aromatic rings. The monoisotopic (exact) mass is 273 g/mol. The Morgan fingerprint density at radius 3 is 2.33 bits per heavy atom. The van der Waals surface area contributed by atoms with Gasteiger partial charge < -0.3 is 5.11 Å². The summed E-state index contributed by atoms with van der Waals surface area (Å²) in [4.78, 5) is 15.2. The van der Waals surface area contributed by atoms with Crippen LogP contribution in [0.4, 0.5) is 0 Å². The van der Waals surface area contributed by atoms with Crippen LogP contribution in [0, 0.1) is 0 Å². The highest BCUT2D eigenvalue weighted by molar-refractivity contribution is 7.89. The minimum absolute atomic E-state index is 0.0179. The van der Waals surface area contributed by atoms with Gasteiger partial charge in [0.2, 0.25) is 0 Å². The predicted octanol–water partition coefficient (Wildman–Crippen LogP) is 0.886. The van der Waals surface area contributed by atoms with Crippen LogP contribution in [0.5, 0.6) is 0 Å². The van der Waals surface area contributed by atoms with E-state index in [1.165, 1.54) is 26.3 Å². The zero-order valence-electron chi connectivity index (χ0n) is 10.2. The number of sulfonamides is 1. The lowest BCUT2D eigenvalue weighted by Crippen LogP contribution is -2.25. The normalized spacial score (nSPS) is 11.7. The van der Waals surface area contributed by atoms with Gasteiger partial charge in [0.15, 0.2) is 0 Å². The van der Waals surface area contributed by atoms with Crippen molar-refractivity contribution in [1.29, 1.82) is 0 Å². The third kappa shape index (κ3) is 3.52. The number of carbonyl (C=O) groups is 1. The first-order valence-corrected chi connectivity index (χ1v) is 6.65. The molecule has 0 bridgehead atoms. The van der Waals surface area contributed by atoms with Crippen LogP contribution < -0.4 is 0 Å². The average Bonchev–Trinajstić information content (AvgIpc) is 2.35. The van der Waals surface area contributed by atoms with Gasteiger partial charge in [0, 0.05) is 13.5 Å². The number of carboxylic acid groups (broad SMARTS) is 1. The summed E-state index contributed by atoms with van der Waals surface area (Å²) in [5.41, 5.74) is 0.774.